The van der Waals surface area contributed by atoms with Gasteiger partial charge >= 0.3 is 5.97 Å². The van der Waals surface area contributed by atoms with Crippen LogP contribution in [0.2, 0.25) is 0 Å². The second kappa shape index (κ2) is 5.48. The molecule has 2 rings (SSSR count). The normalized spacial score (nSPS) is 32.5. The zero-order chi connectivity index (χ0) is 13.2. The summed E-state index contributed by atoms with van der Waals surface area (Å²) in [6, 6.07) is -0.318. The van der Waals surface area contributed by atoms with Crippen LogP contribution in [-0.2, 0) is 14.3 Å². The van der Waals surface area contributed by atoms with Gasteiger partial charge in [0.05, 0.1) is 30.4 Å². The fraction of sp³-hybridized carbons (Fsp3) is 0.833. The Labute approximate surface area is 111 Å². The van der Waals surface area contributed by atoms with Gasteiger partial charge in [0.2, 0.25) is 5.91 Å². The van der Waals surface area contributed by atoms with Crippen LogP contribution in [0.1, 0.15) is 26.2 Å². The van der Waals surface area contributed by atoms with Gasteiger partial charge in [0.25, 0.3) is 0 Å². The highest BCUT2D eigenvalue weighted by atomic mass is 32.2. The first-order valence-corrected chi connectivity index (χ1v) is 7.26. The zero-order valence-electron chi connectivity index (χ0n) is 10.6. The molecular weight excluding hydrogens is 254 g/mol. The van der Waals surface area contributed by atoms with Gasteiger partial charge in [-0.2, -0.15) is 0 Å². The molecule has 1 amide bonds. The lowest BCUT2D eigenvalue weighted by atomic mass is 10.0. The van der Waals surface area contributed by atoms with E-state index in [9.17, 15) is 9.59 Å². The maximum Gasteiger partial charge on any atom is 0.305 e. The molecule has 2 fully saturated rings. The monoisotopic (exact) mass is 273 g/mol. The molecule has 0 saturated carbocycles. The van der Waals surface area contributed by atoms with Crippen molar-refractivity contribution < 1.29 is 19.4 Å². The molecular formula is C12H19NO4S. The number of carboxylic acid groups (broad SMARTS) is 1. The van der Waals surface area contributed by atoms with Crippen molar-refractivity contribution in [3.8, 4) is 0 Å². The number of carboxylic acids is 1. The molecule has 2 atom stereocenters. The first-order valence-electron chi connectivity index (χ1n) is 6.27. The quantitative estimate of drug-likeness (QED) is 0.830. The molecule has 0 aromatic carbocycles. The van der Waals surface area contributed by atoms with E-state index in [4.69, 9.17) is 9.84 Å². The number of hydrogen-bond donors (Lipinski definition) is 1. The average Bonchev–Trinajstić information content (AvgIpc) is 2.76. The SMILES string of the molecule is CC1(C(=O)N2CCOCC2CC(=O)O)CCCS1. The van der Waals surface area contributed by atoms with E-state index >= 15 is 0 Å². The molecule has 2 aliphatic heterocycles. The maximum absolute atomic E-state index is 12.6. The largest absolute Gasteiger partial charge is 0.481 e. The summed E-state index contributed by atoms with van der Waals surface area (Å²) < 4.78 is 4.93. The summed E-state index contributed by atoms with van der Waals surface area (Å²) in [7, 11) is 0. The number of thioether (sulfide) groups is 1. The third-order valence-corrected chi connectivity index (χ3v) is 5.08. The fourth-order valence-corrected chi connectivity index (χ4v) is 3.81. The minimum absolute atomic E-state index is 0.0352. The van der Waals surface area contributed by atoms with Gasteiger partial charge in [-0.05, 0) is 25.5 Å². The van der Waals surface area contributed by atoms with Crippen LogP contribution in [0, 0.1) is 0 Å². The average molecular weight is 273 g/mol. The molecule has 0 aromatic rings. The van der Waals surface area contributed by atoms with Crippen molar-refractivity contribution in [2.45, 2.75) is 37.0 Å². The second-order valence-electron chi connectivity index (χ2n) is 5.01. The van der Waals surface area contributed by atoms with Crippen LogP contribution in [0.15, 0.2) is 0 Å². The van der Waals surface area contributed by atoms with Gasteiger partial charge < -0.3 is 14.7 Å². The predicted octanol–water partition coefficient (Wildman–Crippen LogP) is 0.974. The molecule has 1 N–H and O–H groups in total. The van der Waals surface area contributed by atoms with Crippen LogP contribution in [0.25, 0.3) is 0 Å². The molecule has 102 valence electrons. The molecule has 0 aliphatic carbocycles. The number of rotatable bonds is 3. The highest BCUT2D eigenvalue weighted by Gasteiger charge is 2.43. The van der Waals surface area contributed by atoms with E-state index in [0.717, 1.165) is 18.6 Å². The lowest BCUT2D eigenvalue weighted by Gasteiger charge is -2.39. The highest BCUT2D eigenvalue weighted by molar-refractivity contribution is 8.01. The van der Waals surface area contributed by atoms with Gasteiger partial charge in [0.15, 0.2) is 0 Å². The Morgan fingerprint density at radius 3 is 2.94 bits per heavy atom. The Bertz CT molecular complexity index is 341. The van der Waals surface area contributed by atoms with Crippen molar-refractivity contribution in [1.29, 1.82) is 0 Å². The van der Waals surface area contributed by atoms with Crippen molar-refractivity contribution >= 4 is 23.6 Å². The third-order valence-electron chi connectivity index (χ3n) is 3.57. The molecule has 0 radical (unpaired) electrons. The van der Waals surface area contributed by atoms with Crippen molar-refractivity contribution in [1.82, 2.24) is 4.90 Å². The number of amides is 1. The third kappa shape index (κ3) is 2.80. The standard InChI is InChI=1S/C12H19NO4S/c1-12(3-2-6-18-12)11(16)13-4-5-17-8-9(13)7-10(14)15/h9H,2-8H2,1H3,(H,14,15). The molecule has 0 bridgehead atoms. The van der Waals surface area contributed by atoms with E-state index in [-0.39, 0.29) is 23.1 Å². The van der Waals surface area contributed by atoms with E-state index in [0.29, 0.717) is 19.8 Å². The lowest BCUT2D eigenvalue weighted by molar-refractivity contribution is -0.147. The summed E-state index contributed by atoms with van der Waals surface area (Å²) >= 11 is 1.69. The Balaban J connectivity index is 2.08. The molecule has 2 aliphatic rings. The highest BCUT2D eigenvalue weighted by Crippen LogP contribution is 2.39. The summed E-state index contributed by atoms with van der Waals surface area (Å²) in [5.74, 6) is 0.211. The van der Waals surface area contributed by atoms with Gasteiger partial charge in [0, 0.05) is 6.54 Å². The molecule has 5 nitrogen and oxygen atoms in total. The summed E-state index contributed by atoms with van der Waals surface area (Å²) in [5, 5.41) is 8.90. The molecule has 2 heterocycles. The van der Waals surface area contributed by atoms with Gasteiger partial charge in [-0.15, -0.1) is 11.8 Å². The molecule has 6 heteroatoms. The number of nitrogens with zero attached hydrogens (tertiary/aromatic N) is 1. The van der Waals surface area contributed by atoms with Gasteiger partial charge in [-0.3, -0.25) is 9.59 Å². The van der Waals surface area contributed by atoms with E-state index in [2.05, 4.69) is 0 Å². The van der Waals surface area contributed by atoms with Gasteiger partial charge in [-0.25, -0.2) is 0 Å². The van der Waals surface area contributed by atoms with E-state index in [1.807, 2.05) is 6.92 Å². The lowest BCUT2D eigenvalue weighted by Crippen LogP contribution is -2.54. The Hall–Kier alpha value is -0.750. The smallest absolute Gasteiger partial charge is 0.305 e. The molecule has 0 spiro atoms. The Morgan fingerprint density at radius 1 is 1.56 bits per heavy atom. The van der Waals surface area contributed by atoms with E-state index in [1.165, 1.54) is 0 Å². The van der Waals surface area contributed by atoms with E-state index < -0.39 is 5.97 Å². The van der Waals surface area contributed by atoms with Crippen LogP contribution in [0.4, 0.5) is 0 Å². The summed E-state index contributed by atoms with van der Waals surface area (Å²) in [6.45, 7) is 3.31. The number of morpholine rings is 1. The minimum atomic E-state index is -0.882. The first kappa shape index (κ1) is 13.7. The van der Waals surface area contributed by atoms with Crippen LogP contribution < -0.4 is 0 Å². The van der Waals surface area contributed by atoms with Crippen molar-refractivity contribution in [3.63, 3.8) is 0 Å². The predicted molar refractivity (Wildman–Crippen MR) is 68.7 cm³/mol. The zero-order valence-corrected chi connectivity index (χ0v) is 11.4. The first-order chi connectivity index (χ1) is 8.53. The molecule has 2 unspecified atom stereocenters. The van der Waals surface area contributed by atoms with Gasteiger partial charge in [0.1, 0.15) is 0 Å². The summed E-state index contributed by atoms with van der Waals surface area (Å²) in [5.41, 5.74) is 0. The Morgan fingerprint density at radius 2 is 2.33 bits per heavy atom. The van der Waals surface area contributed by atoms with Crippen LogP contribution in [0.5, 0.6) is 0 Å². The number of aliphatic carboxylic acids is 1. The minimum Gasteiger partial charge on any atom is -0.481 e. The van der Waals surface area contributed by atoms with Crippen LogP contribution in [-0.4, -0.2) is 58.2 Å². The second-order valence-corrected chi connectivity index (χ2v) is 6.61. The molecule has 18 heavy (non-hydrogen) atoms. The fourth-order valence-electron chi connectivity index (χ4n) is 2.54. The van der Waals surface area contributed by atoms with Crippen molar-refractivity contribution in [2.75, 3.05) is 25.5 Å². The summed E-state index contributed by atoms with van der Waals surface area (Å²) in [6.07, 6.45) is 1.90. The number of hydrogen-bond acceptors (Lipinski definition) is 4. The number of ether oxygens (including phenoxy) is 1. The summed E-state index contributed by atoms with van der Waals surface area (Å²) in [4.78, 5) is 25.1. The topological polar surface area (TPSA) is 66.8 Å². The van der Waals surface area contributed by atoms with Crippen molar-refractivity contribution in [2.24, 2.45) is 0 Å². The number of carbonyl (C=O) groups is 2. The van der Waals surface area contributed by atoms with Crippen molar-refractivity contribution in [3.05, 3.63) is 0 Å². The molecule has 2 saturated heterocycles. The van der Waals surface area contributed by atoms with E-state index in [1.54, 1.807) is 16.7 Å². The van der Waals surface area contributed by atoms with Crippen LogP contribution in [0.3, 0.4) is 0 Å². The van der Waals surface area contributed by atoms with Gasteiger partial charge in [-0.1, -0.05) is 0 Å². The maximum atomic E-state index is 12.6. The number of carbonyl (C=O) groups excluding carboxylic acids is 1. The van der Waals surface area contributed by atoms with Crippen LogP contribution >= 0.6 is 11.8 Å². The Kier molecular flexibility index (Phi) is 4.17. The molecule has 0 aromatic heterocycles.